The predicted octanol–water partition coefficient (Wildman–Crippen LogP) is 1.57. The number of benzene rings is 1. The van der Waals surface area contributed by atoms with Gasteiger partial charge in [-0.15, -0.1) is 0 Å². The summed E-state index contributed by atoms with van der Waals surface area (Å²) in [7, 11) is -4.26. The van der Waals surface area contributed by atoms with Crippen molar-refractivity contribution < 1.29 is 30.4 Å². The summed E-state index contributed by atoms with van der Waals surface area (Å²) in [6.45, 7) is 0. The second kappa shape index (κ2) is 5.58. The monoisotopic (exact) mass is 278 g/mol. The zero-order valence-electron chi connectivity index (χ0n) is 9.09. The highest BCUT2D eigenvalue weighted by atomic mass is 32.3. The van der Waals surface area contributed by atoms with Gasteiger partial charge >= 0.3 is 16.5 Å². The first-order valence-corrected chi connectivity index (χ1v) is 5.82. The molecule has 0 bridgehead atoms. The van der Waals surface area contributed by atoms with Crippen LogP contribution in [-0.2, 0) is 24.2 Å². The first-order valence-electron chi connectivity index (χ1n) is 4.51. The average molecular weight is 278 g/mol. The van der Waals surface area contributed by atoms with Crippen LogP contribution in [0, 0.1) is 5.82 Å². The van der Waals surface area contributed by atoms with Crippen LogP contribution in [0.3, 0.4) is 0 Å². The molecule has 0 N–H and O–H groups in total. The lowest BCUT2D eigenvalue weighted by Gasteiger charge is -2.05. The summed E-state index contributed by atoms with van der Waals surface area (Å²) in [4.78, 5) is 11.0. The summed E-state index contributed by atoms with van der Waals surface area (Å²) in [6, 6.07) is 4.23. The maximum absolute atomic E-state index is 12.7. The van der Waals surface area contributed by atoms with E-state index in [-0.39, 0.29) is 5.56 Å². The summed E-state index contributed by atoms with van der Waals surface area (Å²) in [5.41, 5.74) is 0.00280. The second-order valence-electron chi connectivity index (χ2n) is 3.02. The number of rotatable bonds is 4. The highest BCUT2D eigenvalue weighted by Gasteiger charge is 2.16. The molecule has 1 aromatic carbocycles. The van der Waals surface area contributed by atoms with Crippen LogP contribution in [0.1, 0.15) is 5.56 Å². The van der Waals surface area contributed by atoms with Gasteiger partial charge in [0.15, 0.2) is 5.76 Å². The smallest absolute Gasteiger partial charge is 0.466 e. The summed E-state index contributed by atoms with van der Waals surface area (Å²) >= 11 is 0. The van der Waals surface area contributed by atoms with E-state index in [9.17, 15) is 21.5 Å². The normalized spacial score (nSPS) is 12.1. The number of hydrogen-bond donors (Lipinski definition) is 0. The van der Waals surface area contributed by atoms with E-state index < -0.39 is 28.0 Å². The van der Waals surface area contributed by atoms with Crippen LogP contribution in [0.5, 0.6) is 0 Å². The molecule has 0 saturated heterocycles. The van der Waals surface area contributed by atoms with E-state index in [0.717, 1.165) is 31.4 Å². The molecule has 0 heterocycles. The Morgan fingerprint density at radius 1 is 1.28 bits per heavy atom. The van der Waals surface area contributed by atoms with E-state index in [1.54, 1.807) is 0 Å². The van der Waals surface area contributed by atoms with Crippen molar-refractivity contribution in [2.45, 2.75) is 0 Å². The third kappa shape index (κ3) is 4.50. The minimum Gasteiger partial charge on any atom is -0.466 e. The first kappa shape index (κ1) is 14.1. The fourth-order valence-corrected chi connectivity index (χ4v) is 1.40. The van der Waals surface area contributed by atoms with E-state index in [1.165, 1.54) is 0 Å². The largest absolute Gasteiger partial charge is 0.488 e. The molecule has 1 aromatic rings. The number of ether oxygens (including phenoxy) is 1. The lowest BCUT2D eigenvalue weighted by molar-refractivity contribution is -0.134. The summed E-state index contributed by atoms with van der Waals surface area (Å²) < 4.78 is 54.1. The van der Waals surface area contributed by atoms with Gasteiger partial charge < -0.3 is 8.92 Å². The van der Waals surface area contributed by atoms with Crippen molar-refractivity contribution in [3.63, 3.8) is 0 Å². The van der Waals surface area contributed by atoms with Crippen molar-refractivity contribution in [3.8, 4) is 0 Å². The van der Waals surface area contributed by atoms with Crippen molar-refractivity contribution in [2.24, 2.45) is 0 Å². The molecule has 18 heavy (non-hydrogen) atoms. The van der Waals surface area contributed by atoms with Crippen molar-refractivity contribution in [3.05, 3.63) is 41.7 Å². The topological polar surface area (TPSA) is 69.7 Å². The van der Waals surface area contributed by atoms with Crippen molar-refractivity contribution in [1.29, 1.82) is 0 Å². The quantitative estimate of drug-likeness (QED) is 0.362. The van der Waals surface area contributed by atoms with Gasteiger partial charge in [-0.25, -0.2) is 9.18 Å². The van der Waals surface area contributed by atoms with E-state index in [2.05, 4.69) is 8.92 Å². The van der Waals surface area contributed by atoms with Crippen LogP contribution in [0.2, 0.25) is 0 Å². The Morgan fingerprint density at radius 3 is 2.28 bits per heavy atom. The third-order valence-electron chi connectivity index (χ3n) is 1.77. The zero-order valence-corrected chi connectivity index (χ0v) is 9.91. The molecule has 0 spiro atoms. The van der Waals surface area contributed by atoms with E-state index >= 15 is 0 Å². The van der Waals surface area contributed by atoms with Crippen LogP contribution in [-0.4, -0.2) is 21.5 Å². The average Bonchev–Trinajstić information content (AvgIpc) is 2.27. The van der Waals surface area contributed by atoms with Crippen LogP contribution in [0.4, 0.5) is 8.28 Å². The van der Waals surface area contributed by atoms with Crippen LogP contribution >= 0.6 is 0 Å². The van der Waals surface area contributed by atoms with Crippen molar-refractivity contribution >= 4 is 22.2 Å². The Balaban J connectivity index is 3.16. The lowest BCUT2D eigenvalue weighted by Crippen LogP contribution is -2.03. The Morgan fingerprint density at radius 2 is 1.83 bits per heavy atom. The van der Waals surface area contributed by atoms with Crippen LogP contribution < -0.4 is 0 Å². The number of halogens is 2. The Bertz CT molecular complexity index is 562. The highest BCUT2D eigenvalue weighted by molar-refractivity contribution is 7.81. The summed E-state index contributed by atoms with van der Waals surface area (Å²) in [5, 5.41) is 0. The van der Waals surface area contributed by atoms with Crippen molar-refractivity contribution in [2.75, 3.05) is 7.11 Å². The van der Waals surface area contributed by atoms with Gasteiger partial charge in [-0.05, 0) is 24.3 Å². The van der Waals surface area contributed by atoms with Gasteiger partial charge in [-0.1, -0.05) is 3.89 Å². The predicted molar refractivity (Wildman–Crippen MR) is 57.5 cm³/mol. The van der Waals surface area contributed by atoms with E-state index in [4.69, 9.17) is 0 Å². The molecular weight excluding hydrogens is 270 g/mol. The molecule has 98 valence electrons. The lowest BCUT2D eigenvalue weighted by atomic mass is 10.2. The van der Waals surface area contributed by atoms with Crippen LogP contribution in [0.15, 0.2) is 30.3 Å². The molecule has 0 radical (unpaired) electrons. The second-order valence-corrected chi connectivity index (χ2v) is 3.97. The Kier molecular flexibility index (Phi) is 4.38. The SMILES string of the molecule is COC(=O)/C=C(/OS(=O)(=O)F)c1ccc(F)cc1. The minimum absolute atomic E-state index is 0.00280. The standard InChI is InChI=1S/C10H8F2O5S/c1-16-10(13)6-9(17-18(12,14)15)7-2-4-8(11)5-3-7/h2-6H,1H3/b9-6+. The number of hydrogen-bond acceptors (Lipinski definition) is 5. The van der Waals surface area contributed by atoms with Gasteiger partial charge in [0.1, 0.15) is 5.82 Å². The third-order valence-corrected chi connectivity index (χ3v) is 2.15. The zero-order chi connectivity index (χ0) is 13.8. The van der Waals surface area contributed by atoms with Gasteiger partial charge in [0.05, 0.1) is 13.2 Å². The number of methoxy groups -OCH3 is 1. The molecular formula is C10H8F2O5S. The van der Waals surface area contributed by atoms with Gasteiger partial charge in [-0.3, -0.25) is 0 Å². The van der Waals surface area contributed by atoms with E-state index in [1.807, 2.05) is 0 Å². The fourth-order valence-electron chi connectivity index (χ4n) is 1.04. The molecule has 0 aliphatic carbocycles. The molecule has 5 nitrogen and oxygen atoms in total. The molecule has 0 fully saturated rings. The Hall–Kier alpha value is -1.96. The molecule has 0 unspecified atom stereocenters. The van der Waals surface area contributed by atoms with Gasteiger partial charge in [0.25, 0.3) is 0 Å². The molecule has 0 aliphatic rings. The first-order chi connectivity index (χ1) is 8.31. The van der Waals surface area contributed by atoms with Gasteiger partial charge in [0, 0.05) is 5.56 Å². The molecule has 1 rings (SSSR count). The number of carbonyl (C=O) groups is 1. The number of carbonyl (C=O) groups excluding carboxylic acids is 1. The minimum atomic E-state index is -5.31. The number of esters is 1. The molecule has 0 atom stereocenters. The van der Waals surface area contributed by atoms with Crippen molar-refractivity contribution in [1.82, 2.24) is 0 Å². The van der Waals surface area contributed by atoms with Gasteiger partial charge in [-0.2, -0.15) is 8.42 Å². The maximum Gasteiger partial charge on any atom is 0.488 e. The Labute approximate surface area is 102 Å². The van der Waals surface area contributed by atoms with Gasteiger partial charge in [0.2, 0.25) is 0 Å². The fraction of sp³-hybridized carbons (Fsp3) is 0.100. The molecule has 0 aromatic heterocycles. The molecule has 8 heteroatoms. The van der Waals surface area contributed by atoms with E-state index in [0.29, 0.717) is 6.08 Å². The molecule has 0 aliphatic heterocycles. The van der Waals surface area contributed by atoms with Crippen LogP contribution in [0.25, 0.3) is 5.76 Å². The maximum atomic E-state index is 12.7. The highest BCUT2D eigenvalue weighted by Crippen LogP contribution is 2.19. The molecule has 0 saturated carbocycles. The molecule has 0 amide bonds. The summed E-state index contributed by atoms with van der Waals surface area (Å²) in [6.07, 6.45) is 0.629. The summed E-state index contributed by atoms with van der Waals surface area (Å²) in [5.74, 6) is -2.14.